The van der Waals surface area contributed by atoms with E-state index in [1.165, 1.54) is 56.8 Å². The Hall–Kier alpha value is -2.14. The standard InChI is InChI=1S/C42H64N2O3/c1-27(2)30-17-22-42(37(46)43-25-26-44(8)9)24-23-40(6)32(35(30)42)15-16-34-39(5)20-18-31(28-11-13-29(14-12-28)36(45)47-10)38(3,4)33(39)19-21-41(34,40)7/h11-14,18,27,30,32-35H,15-17,19-26H2,1-10H3,(H,43,46). The quantitative estimate of drug-likeness (QED) is 0.301. The minimum atomic E-state index is -0.279. The molecule has 1 aromatic carbocycles. The van der Waals surface area contributed by atoms with E-state index in [9.17, 15) is 9.59 Å². The number of amides is 1. The van der Waals surface area contributed by atoms with Crippen LogP contribution in [0.4, 0.5) is 0 Å². The summed E-state index contributed by atoms with van der Waals surface area (Å²) in [5.41, 5.74) is 3.89. The van der Waals surface area contributed by atoms with Crippen LogP contribution in [0.2, 0.25) is 0 Å². The number of methoxy groups -OCH3 is 1. The average Bonchev–Trinajstić information content (AvgIpc) is 3.42. The van der Waals surface area contributed by atoms with Crippen molar-refractivity contribution in [3.63, 3.8) is 0 Å². The fourth-order valence-corrected chi connectivity index (χ4v) is 13.4. The van der Waals surface area contributed by atoms with E-state index in [0.717, 1.165) is 32.4 Å². The SMILES string of the molecule is COC(=O)c1ccc(C2=CCC3(C)C(CCC4(C)C3CCC3C5C(C(C)C)CCC5(C(=O)NCCN(C)C)CCC34C)C2(C)C)cc1. The van der Waals surface area contributed by atoms with Gasteiger partial charge in [0.25, 0.3) is 0 Å². The Balaban J connectivity index is 1.32. The number of esters is 1. The van der Waals surface area contributed by atoms with Crippen molar-refractivity contribution in [1.82, 2.24) is 10.2 Å². The number of nitrogens with one attached hydrogen (secondary N) is 1. The summed E-state index contributed by atoms with van der Waals surface area (Å²) in [6.45, 7) is 19.5. The van der Waals surface area contributed by atoms with Gasteiger partial charge in [-0.05, 0) is 152 Å². The highest BCUT2D eigenvalue weighted by Crippen LogP contribution is 2.77. The van der Waals surface area contributed by atoms with Gasteiger partial charge in [0.1, 0.15) is 0 Å². The highest BCUT2D eigenvalue weighted by atomic mass is 16.5. The zero-order valence-corrected chi connectivity index (χ0v) is 31.3. The zero-order chi connectivity index (χ0) is 34.2. The van der Waals surface area contributed by atoms with Gasteiger partial charge in [-0.25, -0.2) is 4.79 Å². The molecule has 0 bridgehead atoms. The summed E-state index contributed by atoms with van der Waals surface area (Å²) in [5, 5.41) is 3.45. The number of hydrogen-bond acceptors (Lipinski definition) is 4. The van der Waals surface area contributed by atoms with Gasteiger partial charge in [0.15, 0.2) is 0 Å². The molecule has 47 heavy (non-hydrogen) atoms. The summed E-state index contributed by atoms with van der Waals surface area (Å²) in [5.74, 6) is 3.72. The lowest BCUT2D eigenvalue weighted by Crippen LogP contribution is -2.66. The molecule has 9 atom stereocenters. The van der Waals surface area contributed by atoms with Gasteiger partial charge in [-0.2, -0.15) is 0 Å². The van der Waals surface area contributed by atoms with Crippen molar-refractivity contribution in [2.24, 2.45) is 62.6 Å². The summed E-state index contributed by atoms with van der Waals surface area (Å²) in [6, 6.07) is 8.09. The van der Waals surface area contributed by atoms with Crippen LogP contribution in [0.1, 0.15) is 122 Å². The summed E-state index contributed by atoms with van der Waals surface area (Å²) >= 11 is 0. The number of benzene rings is 1. The largest absolute Gasteiger partial charge is 0.465 e. The molecule has 4 saturated carbocycles. The van der Waals surface area contributed by atoms with Crippen molar-refractivity contribution >= 4 is 17.4 Å². The van der Waals surface area contributed by atoms with Crippen molar-refractivity contribution in [3.8, 4) is 0 Å². The Morgan fingerprint density at radius 2 is 1.60 bits per heavy atom. The lowest BCUT2D eigenvalue weighted by molar-refractivity contribution is -0.227. The van der Waals surface area contributed by atoms with Gasteiger partial charge < -0.3 is 15.0 Å². The molecule has 0 spiro atoms. The Kier molecular flexibility index (Phi) is 8.88. The predicted octanol–water partition coefficient (Wildman–Crippen LogP) is 8.88. The van der Waals surface area contributed by atoms with Crippen molar-refractivity contribution in [3.05, 3.63) is 41.5 Å². The molecular formula is C42H64N2O3. The molecule has 1 amide bonds. The fourth-order valence-electron chi connectivity index (χ4n) is 13.4. The minimum absolute atomic E-state index is 0.0411. The molecule has 5 aliphatic carbocycles. The summed E-state index contributed by atoms with van der Waals surface area (Å²) < 4.78 is 4.96. The number of ether oxygens (including phenoxy) is 1. The molecule has 0 saturated heterocycles. The summed E-state index contributed by atoms with van der Waals surface area (Å²) in [4.78, 5) is 28.5. The minimum Gasteiger partial charge on any atom is -0.465 e. The van der Waals surface area contributed by atoms with Crippen molar-refractivity contribution in [2.75, 3.05) is 34.3 Å². The van der Waals surface area contributed by atoms with Gasteiger partial charge in [-0.1, -0.05) is 66.7 Å². The van der Waals surface area contributed by atoms with Crippen LogP contribution in [0.25, 0.3) is 5.57 Å². The molecule has 1 aromatic rings. The highest BCUT2D eigenvalue weighted by molar-refractivity contribution is 5.90. The van der Waals surface area contributed by atoms with Gasteiger partial charge in [0.05, 0.1) is 18.1 Å². The van der Waals surface area contributed by atoms with Crippen molar-refractivity contribution in [1.29, 1.82) is 0 Å². The van der Waals surface area contributed by atoms with Gasteiger partial charge in [0.2, 0.25) is 5.91 Å². The third-order valence-corrected chi connectivity index (χ3v) is 15.8. The molecule has 260 valence electrons. The maximum atomic E-state index is 14.3. The lowest BCUT2D eigenvalue weighted by Gasteiger charge is -2.72. The van der Waals surface area contributed by atoms with Crippen LogP contribution in [0.5, 0.6) is 0 Å². The topological polar surface area (TPSA) is 58.6 Å². The van der Waals surface area contributed by atoms with E-state index in [-0.39, 0.29) is 33.0 Å². The van der Waals surface area contributed by atoms with E-state index in [1.807, 2.05) is 12.1 Å². The molecule has 1 N–H and O–H groups in total. The number of fused-ring (bicyclic) bond motifs is 7. The van der Waals surface area contributed by atoms with E-state index in [4.69, 9.17) is 4.74 Å². The number of rotatable bonds is 7. The Morgan fingerprint density at radius 3 is 2.23 bits per heavy atom. The van der Waals surface area contributed by atoms with E-state index >= 15 is 0 Å². The second kappa shape index (κ2) is 12.0. The first kappa shape index (κ1) is 34.7. The molecule has 5 heteroatoms. The van der Waals surface area contributed by atoms with E-state index in [2.05, 4.69) is 91.0 Å². The number of nitrogens with zero attached hydrogens (tertiary/aromatic N) is 1. The average molecular weight is 645 g/mol. The van der Waals surface area contributed by atoms with Gasteiger partial charge >= 0.3 is 5.97 Å². The lowest BCUT2D eigenvalue weighted by atomic mass is 9.32. The molecular weight excluding hydrogens is 580 g/mol. The van der Waals surface area contributed by atoms with Gasteiger partial charge in [-0.15, -0.1) is 0 Å². The molecule has 5 nitrogen and oxygen atoms in total. The van der Waals surface area contributed by atoms with Gasteiger partial charge in [0, 0.05) is 13.1 Å². The molecule has 9 unspecified atom stereocenters. The molecule has 0 aromatic heterocycles. The van der Waals surface area contributed by atoms with Crippen LogP contribution in [0, 0.1) is 62.6 Å². The zero-order valence-electron chi connectivity index (χ0n) is 31.3. The maximum absolute atomic E-state index is 14.3. The predicted molar refractivity (Wildman–Crippen MR) is 192 cm³/mol. The number of likely N-dealkylation sites (N-methyl/N-ethyl adjacent to an activating group) is 1. The molecule has 6 rings (SSSR count). The second-order valence-corrected chi connectivity index (χ2v) is 18.5. The fraction of sp³-hybridized carbons (Fsp3) is 0.762. The Bertz CT molecular complexity index is 1390. The van der Waals surface area contributed by atoms with E-state index in [1.54, 1.807) is 0 Å². The summed E-state index contributed by atoms with van der Waals surface area (Å²) in [7, 11) is 5.62. The highest BCUT2D eigenvalue weighted by Gasteiger charge is 2.71. The van der Waals surface area contributed by atoms with Crippen LogP contribution < -0.4 is 5.32 Å². The molecule has 0 aliphatic heterocycles. The van der Waals surface area contributed by atoms with Gasteiger partial charge in [-0.3, -0.25) is 4.79 Å². The molecule has 0 radical (unpaired) electrons. The molecule has 0 heterocycles. The van der Waals surface area contributed by atoms with Crippen molar-refractivity contribution < 1.29 is 14.3 Å². The summed E-state index contributed by atoms with van der Waals surface area (Å²) in [6.07, 6.45) is 13.3. The Morgan fingerprint density at radius 1 is 0.894 bits per heavy atom. The van der Waals surface area contributed by atoms with E-state index in [0.29, 0.717) is 47.0 Å². The smallest absolute Gasteiger partial charge is 0.337 e. The normalized spacial score (nSPS) is 40.5. The monoisotopic (exact) mass is 644 g/mol. The maximum Gasteiger partial charge on any atom is 0.337 e. The van der Waals surface area contributed by atoms with Crippen molar-refractivity contribution in [2.45, 2.75) is 106 Å². The molecule has 4 fully saturated rings. The first-order valence-corrected chi connectivity index (χ1v) is 18.9. The van der Waals surface area contributed by atoms with Crippen LogP contribution in [0.15, 0.2) is 30.3 Å². The third-order valence-electron chi connectivity index (χ3n) is 15.8. The van der Waals surface area contributed by atoms with Crippen LogP contribution >= 0.6 is 0 Å². The second-order valence-electron chi connectivity index (χ2n) is 18.5. The first-order valence-electron chi connectivity index (χ1n) is 18.9. The van der Waals surface area contributed by atoms with Crippen LogP contribution in [-0.4, -0.2) is 51.1 Å². The first-order chi connectivity index (χ1) is 22.1. The third kappa shape index (κ3) is 5.09. The molecule has 5 aliphatic rings. The Labute approximate surface area is 286 Å². The number of allylic oxidation sites excluding steroid dienone is 2. The number of carbonyl (C=O) groups is 2. The number of hydrogen-bond donors (Lipinski definition) is 1. The number of carbonyl (C=O) groups excluding carboxylic acids is 2. The van der Waals surface area contributed by atoms with E-state index < -0.39 is 0 Å². The van der Waals surface area contributed by atoms with Crippen LogP contribution in [-0.2, 0) is 9.53 Å². The van der Waals surface area contributed by atoms with Crippen LogP contribution in [0.3, 0.4) is 0 Å².